The minimum absolute atomic E-state index is 0.153. The summed E-state index contributed by atoms with van der Waals surface area (Å²) < 4.78 is 13.8. The van der Waals surface area contributed by atoms with Crippen molar-refractivity contribution in [1.29, 1.82) is 0 Å². The zero-order valence-electron chi connectivity index (χ0n) is 16.0. The fraction of sp³-hybridized carbons (Fsp3) is 0.273. The predicted molar refractivity (Wildman–Crippen MR) is 109 cm³/mol. The summed E-state index contributed by atoms with van der Waals surface area (Å²) in [5.41, 5.74) is 2.40. The summed E-state index contributed by atoms with van der Waals surface area (Å²) in [4.78, 5) is 9.22. The van der Waals surface area contributed by atoms with Crippen molar-refractivity contribution in [3.63, 3.8) is 0 Å². The van der Waals surface area contributed by atoms with E-state index in [2.05, 4.69) is 41.4 Å². The predicted octanol–water partition coefficient (Wildman–Crippen LogP) is 5.15. The normalized spacial score (nSPS) is 11.3. The lowest BCUT2D eigenvalue weighted by Crippen LogP contribution is -2.27. The molecule has 5 heteroatoms. The zero-order chi connectivity index (χ0) is 19.3. The van der Waals surface area contributed by atoms with Gasteiger partial charge in [0.25, 0.3) is 0 Å². The van der Waals surface area contributed by atoms with E-state index in [0.717, 1.165) is 11.3 Å². The van der Waals surface area contributed by atoms with Crippen molar-refractivity contribution in [1.82, 2.24) is 9.97 Å². The molecule has 1 aromatic heterocycles. The fourth-order valence-corrected chi connectivity index (χ4v) is 2.71. The van der Waals surface area contributed by atoms with E-state index in [1.54, 1.807) is 12.1 Å². The average Bonchev–Trinajstić information content (AvgIpc) is 2.62. The number of nitrogens with one attached hydrogen (secondary N) is 2. The molecule has 3 aromatic rings. The van der Waals surface area contributed by atoms with E-state index >= 15 is 0 Å². The fourth-order valence-electron chi connectivity index (χ4n) is 2.71. The van der Waals surface area contributed by atoms with Gasteiger partial charge in [-0.05, 0) is 38.8 Å². The highest BCUT2D eigenvalue weighted by atomic mass is 19.1. The number of benzene rings is 2. The molecule has 27 heavy (non-hydrogen) atoms. The lowest BCUT2D eigenvalue weighted by molar-refractivity contribution is 0.610. The highest BCUT2D eigenvalue weighted by Gasteiger charge is 2.14. The first-order valence-corrected chi connectivity index (χ1v) is 9.11. The van der Waals surface area contributed by atoms with Gasteiger partial charge in [-0.3, -0.25) is 0 Å². The van der Waals surface area contributed by atoms with E-state index in [9.17, 15) is 4.39 Å². The molecule has 0 saturated heterocycles. The molecule has 0 aliphatic heterocycles. The first-order chi connectivity index (χ1) is 12.9. The summed E-state index contributed by atoms with van der Waals surface area (Å²) in [6, 6.07) is 18.8. The molecule has 0 unspecified atom stereocenters. The van der Waals surface area contributed by atoms with Gasteiger partial charge in [0.2, 0.25) is 5.95 Å². The number of rotatable bonds is 6. The van der Waals surface area contributed by atoms with Crippen LogP contribution in [0, 0.1) is 5.82 Å². The van der Waals surface area contributed by atoms with Gasteiger partial charge < -0.3 is 10.6 Å². The molecule has 0 amide bonds. The molecule has 140 valence electrons. The van der Waals surface area contributed by atoms with E-state index in [4.69, 9.17) is 0 Å². The maximum absolute atomic E-state index is 13.8. The number of hydrogen-bond donors (Lipinski definition) is 2. The van der Waals surface area contributed by atoms with Gasteiger partial charge in [0, 0.05) is 23.7 Å². The quantitative estimate of drug-likeness (QED) is 0.635. The second-order valence-corrected chi connectivity index (χ2v) is 7.47. The number of anilines is 2. The third-order valence-corrected chi connectivity index (χ3v) is 3.94. The van der Waals surface area contributed by atoms with Crippen molar-refractivity contribution < 1.29 is 4.39 Å². The Morgan fingerprint density at radius 1 is 0.926 bits per heavy atom. The van der Waals surface area contributed by atoms with Crippen molar-refractivity contribution in [2.75, 3.05) is 17.2 Å². The summed E-state index contributed by atoms with van der Waals surface area (Å²) >= 11 is 0. The molecule has 1 heterocycles. The second kappa shape index (κ2) is 8.16. The van der Waals surface area contributed by atoms with Crippen LogP contribution in [0.2, 0.25) is 0 Å². The summed E-state index contributed by atoms with van der Waals surface area (Å²) in [6.07, 6.45) is 0.583. The van der Waals surface area contributed by atoms with Crippen molar-refractivity contribution in [3.05, 3.63) is 72.0 Å². The van der Waals surface area contributed by atoms with Gasteiger partial charge in [0.15, 0.2) is 0 Å². The largest absolute Gasteiger partial charge is 0.370 e. The minimum Gasteiger partial charge on any atom is -0.370 e. The van der Waals surface area contributed by atoms with Gasteiger partial charge >= 0.3 is 0 Å². The molecular formula is C22H25FN4. The van der Waals surface area contributed by atoms with Crippen LogP contribution in [0.5, 0.6) is 0 Å². The van der Waals surface area contributed by atoms with Crippen LogP contribution < -0.4 is 10.6 Å². The van der Waals surface area contributed by atoms with Gasteiger partial charge in [0.1, 0.15) is 11.6 Å². The molecule has 0 aliphatic rings. The maximum atomic E-state index is 13.8. The smallest absolute Gasteiger partial charge is 0.225 e. The number of halogens is 1. The molecule has 0 spiro atoms. The lowest BCUT2D eigenvalue weighted by Gasteiger charge is -2.21. The van der Waals surface area contributed by atoms with E-state index in [1.165, 1.54) is 6.07 Å². The van der Waals surface area contributed by atoms with Gasteiger partial charge in [0.05, 0.1) is 5.69 Å². The minimum atomic E-state index is -0.179. The maximum Gasteiger partial charge on any atom is 0.225 e. The summed E-state index contributed by atoms with van der Waals surface area (Å²) in [5, 5.41) is 6.63. The first kappa shape index (κ1) is 18.8. The Balaban J connectivity index is 1.80. The molecule has 2 aromatic carbocycles. The van der Waals surface area contributed by atoms with Crippen molar-refractivity contribution in [3.8, 4) is 11.3 Å². The van der Waals surface area contributed by atoms with Gasteiger partial charge in [-0.15, -0.1) is 0 Å². The highest BCUT2D eigenvalue weighted by Crippen LogP contribution is 2.22. The average molecular weight is 364 g/mol. The van der Waals surface area contributed by atoms with Crippen molar-refractivity contribution >= 4 is 11.8 Å². The van der Waals surface area contributed by atoms with E-state index < -0.39 is 0 Å². The number of nitrogens with zero attached hydrogens (tertiary/aromatic N) is 2. The molecule has 0 radical (unpaired) electrons. The third kappa shape index (κ3) is 5.51. The molecule has 0 fully saturated rings. The SMILES string of the molecule is CC(C)(C)Nc1nc(NCCc2ccccc2F)cc(-c2ccccc2)n1. The van der Waals surface area contributed by atoms with Crippen LogP contribution in [0.1, 0.15) is 26.3 Å². The monoisotopic (exact) mass is 364 g/mol. The summed E-state index contributed by atoms with van der Waals surface area (Å²) in [7, 11) is 0. The van der Waals surface area contributed by atoms with E-state index in [0.29, 0.717) is 30.3 Å². The van der Waals surface area contributed by atoms with Gasteiger partial charge in [-0.1, -0.05) is 48.5 Å². The van der Waals surface area contributed by atoms with Gasteiger partial charge in [-0.2, -0.15) is 4.98 Å². The molecule has 0 atom stereocenters. The molecule has 2 N–H and O–H groups in total. The standard InChI is InChI=1S/C22H25FN4/c1-22(2,3)27-21-25-19(17-10-5-4-6-11-17)15-20(26-21)24-14-13-16-9-7-8-12-18(16)23/h4-12,15H,13-14H2,1-3H3,(H2,24,25,26,27). The lowest BCUT2D eigenvalue weighted by atomic mass is 10.1. The Hall–Kier alpha value is -2.95. The number of hydrogen-bond acceptors (Lipinski definition) is 4. The Kier molecular flexibility index (Phi) is 5.69. The Morgan fingerprint density at radius 2 is 1.63 bits per heavy atom. The van der Waals surface area contributed by atoms with Crippen LogP contribution in [0.3, 0.4) is 0 Å². The Bertz CT molecular complexity index is 888. The second-order valence-electron chi connectivity index (χ2n) is 7.47. The first-order valence-electron chi connectivity index (χ1n) is 9.11. The van der Waals surface area contributed by atoms with Crippen LogP contribution in [0.15, 0.2) is 60.7 Å². The molecular weight excluding hydrogens is 339 g/mol. The molecule has 3 rings (SSSR count). The number of aromatic nitrogens is 2. The van der Waals surface area contributed by atoms with E-state index in [1.807, 2.05) is 42.5 Å². The van der Waals surface area contributed by atoms with Crippen LogP contribution in [0.4, 0.5) is 16.2 Å². The topological polar surface area (TPSA) is 49.8 Å². The van der Waals surface area contributed by atoms with Crippen LogP contribution in [-0.4, -0.2) is 22.1 Å². The molecule has 4 nitrogen and oxygen atoms in total. The van der Waals surface area contributed by atoms with Crippen molar-refractivity contribution in [2.45, 2.75) is 32.7 Å². The highest BCUT2D eigenvalue weighted by molar-refractivity contribution is 5.64. The van der Waals surface area contributed by atoms with Crippen molar-refractivity contribution in [2.24, 2.45) is 0 Å². The van der Waals surface area contributed by atoms with Crippen LogP contribution in [0.25, 0.3) is 11.3 Å². The zero-order valence-corrected chi connectivity index (χ0v) is 16.0. The van der Waals surface area contributed by atoms with E-state index in [-0.39, 0.29) is 11.4 Å². The molecule has 0 saturated carbocycles. The van der Waals surface area contributed by atoms with Gasteiger partial charge in [-0.25, -0.2) is 9.37 Å². The Labute approximate surface area is 159 Å². The molecule has 0 aliphatic carbocycles. The van der Waals surface area contributed by atoms with Crippen LogP contribution >= 0.6 is 0 Å². The molecule has 0 bridgehead atoms. The Morgan fingerprint density at radius 3 is 2.33 bits per heavy atom. The van der Waals surface area contributed by atoms with Crippen LogP contribution in [-0.2, 0) is 6.42 Å². The summed E-state index contributed by atoms with van der Waals surface area (Å²) in [6.45, 7) is 6.78. The summed E-state index contributed by atoms with van der Waals surface area (Å²) in [5.74, 6) is 1.10. The third-order valence-electron chi connectivity index (χ3n) is 3.94.